The third kappa shape index (κ3) is 15.9. The molecule has 1 saturated carbocycles. The van der Waals surface area contributed by atoms with Gasteiger partial charge in [-0.2, -0.15) is 0 Å². The first-order valence-corrected chi connectivity index (χ1v) is 17.3. The summed E-state index contributed by atoms with van der Waals surface area (Å²) < 4.78 is 10.4. The average Bonchev–Trinajstić information content (AvgIpc) is 3.37. The molecule has 2 aromatic rings. The van der Waals surface area contributed by atoms with Gasteiger partial charge < -0.3 is 34.9 Å². The van der Waals surface area contributed by atoms with Gasteiger partial charge in [-0.1, -0.05) is 54.6 Å². The van der Waals surface area contributed by atoms with Crippen molar-refractivity contribution in [2.75, 3.05) is 19.8 Å². The maximum absolute atomic E-state index is 12.2. The van der Waals surface area contributed by atoms with E-state index in [1.807, 2.05) is 42.5 Å². The number of carbonyl (C=O) groups excluding carboxylic acids is 3. The molecular formula is C37H50N2O11. The molecule has 1 amide bonds. The Morgan fingerprint density at radius 3 is 2.34 bits per heavy atom. The lowest BCUT2D eigenvalue weighted by molar-refractivity contribution is -0.757. The molecule has 1 fully saturated rings. The third-order valence-corrected chi connectivity index (χ3v) is 8.77. The van der Waals surface area contributed by atoms with Crippen LogP contribution in [-0.2, 0) is 36.8 Å². The molecule has 0 bridgehead atoms. The molecule has 0 aromatic heterocycles. The van der Waals surface area contributed by atoms with Gasteiger partial charge in [0.05, 0.1) is 31.5 Å². The number of amides is 1. The lowest BCUT2D eigenvalue weighted by Gasteiger charge is -2.23. The molecular weight excluding hydrogens is 648 g/mol. The summed E-state index contributed by atoms with van der Waals surface area (Å²) in [5.41, 5.74) is 2.03. The van der Waals surface area contributed by atoms with Crippen molar-refractivity contribution in [3.05, 3.63) is 88.0 Å². The molecule has 2 aromatic carbocycles. The first kappa shape index (κ1) is 40.1. The zero-order valence-corrected chi connectivity index (χ0v) is 28.4. The van der Waals surface area contributed by atoms with E-state index in [9.17, 15) is 39.8 Å². The molecule has 0 spiro atoms. The van der Waals surface area contributed by atoms with Crippen molar-refractivity contribution in [1.29, 1.82) is 0 Å². The number of nitrogens with zero attached hydrogens (tertiary/aromatic N) is 1. The van der Waals surface area contributed by atoms with Crippen molar-refractivity contribution in [2.24, 2.45) is 11.8 Å². The van der Waals surface area contributed by atoms with Crippen molar-refractivity contribution in [2.45, 2.75) is 95.4 Å². The molecule has 0 aliphatic heterocycles. The van der Waals surface area contributed by atoms with E-state index < -0.39 is 35.3 Å². The minimum Gasteiger partial charge on any atom is -0.465 e. The lowest BCUT2D eigenvalue weighted by atomic mass is 9.85. The van der Waals surface area contributed by atoms with E-state index in [0.717, 1.165) is 12.0 Å². The first-order chi connectivity index (χ1) is 24.1. The zero-order chi connectivity index (χ0) is 36.1. The summed E-state index contributed by atoms with van der Waals surface area (Å²) in [6.07, 6.45) is 8.04. The highest BCUT2D eigenvalue weighted by molar-refractivity contribution is 5.82. The molecule has 0 radical (unpaired) electrons. The monoisotopic (exact) mass is 698 g/mol. The Morgan fingerprint density at radius 2 is 1.60 bits per heavy atom. The second-order valence-corrected chi connectivity index (χ2v) is 12.6. The third-order valence-electron chi connectivity index (χ3n) is 8.77. The van der Waals surface area contributed by atoms with E-state index in [1.165, 1.54) is 5.56 Å². The number of allylic oxidation sites excluding steroid dienone is 2. The summed E-state index contributed by atoms with van der Waals surface area (Å²) in [7, 11) is 0. The van der Waals surface area contributed by atoms with Gasteiger partial charge in [0, 0.05) is 19.3 Å². The fraction of sp³-hybridized carbons (Fsp3) is 0.541. The van der Waals surface area contributed by atoms with E-state index in [2.05, 4.69) is 10.2 Å². The molecule has 3 rings (SSSR count). The van der Waals surface area contributed by atoms with Crippen LogP contribution in [0.2, 0.25) is 0 Å². The van der Waals surface area contributed by atoms with Crippen LogP contribution < -0.4 is 10.1 Å². The molecule has 13 heteroatoms. The molecule has 50 heavy (non-hydrogen) atoms. The van der Waals surface area contributed by atoms with Crippen molar-refractivity contribution in [3.63, 3.8) is 0 Å². The molecule has 5 atom stereocenters. The maximum Gasteiger partial charge on any atom is 0.330 e. The normalized spacial score (nSPS) is 19.2. The minimum atomic E-state index is -0.913. The zero-order valence-electron chi connectivity index (χ0n) is 28.4. The number of aliphatic hydroxyl groups excluding tert-OH is 3. The van der Waals surface area contributed by atoms with Gasteiger partial charge in [-0.15, -0.1) is 10.1 Å². The van der Waals surface area contributed by atoms with Gasteiger partial charge in [-0.25, -0.2) is 4.79 Å². The number of esters is 2. The highest BCUT2D eigenvalue weighted by Crippen LogP contribution is 2.38. The molecule has 13 nitrogen and oxygen atoms in total. The van der Waals surface area contributed by atoms with Gasteiger partial charge in [0.1, 0.15) is 12.3 Å². The van der Waals surface area contributed by atoms with Gasteiger partial charge in [-0.3, -0.25) is 9.59 Å². The fourth-order valence-electron chi connectivity index (χ4n) is 6.03. The summed E-state index contributed by atoms with van der Waals surface area (Å²) in [4.78, 5) is 50.3. The van der Waals surface area contributed by atoms with E-state index in [1.54, 1.807) is 24.3 Å². The Morgan fingerprint density at radius 1 is 0.880 bits per heavy atom. The Labute approximate surface area is 292 Å². The number of ether oxygens (including phenoxy) is 2. The summed E-state index contributed by atoms with van der Waals surface area (Å²) in [5, 5.41) is 43.3. The Kier molecular flexibility index (Phi) is 18.0. The Balaban J connectivity index is 1.24. The van der Waals surface area contributed by atoms with Gasteiger partial charge in [0.15, 0.2) is 0 Å². The smallest absolute Gasteiger partial charge is 0.330 e. The van der Waals surface area contributed by atoms with E-state index in [-0.39, 0.29) is 56.8 Å². The van der Waals surface area contributed by atoms with Crippen LogP contribution >= 0.6 is 0 Å². The van der Waals surface area contributed by atoms with Gasteiger partial charge >= 0.3 is 11.9 Å². The number of carbonyl (C=O) groups is 3. The largest absolute Gasteiger partial charge is 0.465 e. The topological polar surface area (TPSA) is 195 Å². The summed E-state index contributed by atoms with van der Waals surface area (Å²) in [5.74, 6) is -1.22. The molecule has 0 saturated heterocycles. The fourth-order valence-corrected chi connectivity index (χ4v) is 6.03. The van der Waals surface area contributed by atoms with Crippen LogP contribution in [0.3, 0.4) is 0 Å². The number of hydrogen-bond acceptors (Lipinski definition) is 11. The van der Waals surface area contributed by atoms with Crippen LogP contribution in [0.5, 0.6) is 5.75 Å². The first-order valence-electron chi connectivity index (χ1n) is 17.3. The minimum absolute atomic E-state index is 0.0137. The quantitative estimate of drug-likeness (QED) is 0.0327. The number of benzene rings is 2. The van der Waals surface area contributed by atoms with E-state index in [0.29, 0.717) is 57.1 Å². The number of nitrogens with one attached hydrogen (secondary N) is 1. The molecule has 0 unspecified atom stereocenters. The van der Waals surface area contributed by atoms with Crippen LogP contribution in [-0.4, -0.2) is 76.3 Å². The second kappa shape index (κ2) is 22.4. The summed E-state index contributed by atoms with van der Waals surface area (Å²) in [6.45, 7) is -0.314. The predicted molar refractivity (Wildman–Crippen MR) is 183 cm³/mol. The molecule has 1 aliphatic carbocycles. The van der Waals surface area contributed by atoms with Gasteiger partial charge in [-0.05, 0) is 92.9 Å². The maximum atomic E-state index is 12.2. The van der Waals surface area contributed by atoms with Gasteiger partial charge in [0.25, 0.3) is 5.09 Å². The van der Waals surface area contributed by atoms with Crippen LogP contribution in [0.1, 0.15) is 75.3 Å². The van der Waals surface area contributed by atoms with Crippen molar-refractivity contribution < 1.29 is 49.1 Å². The van der Waals surface area contributed by atoms with E-state index >= 15 is 0 Å². The second-order valence-electron chi connectivity index (χ2n) is 12.6. The average molecular weight is 699 g/mol. The van der Waals surface area contributed by atoms with E-state index in [4.69, 9.17) is 9.47 Å². The van der Waals surface area contributed by atoms with Crippen LogP contribution in [0.25, 0.3) is 0 Å². The van der Waals surface area contributed by atoms with Crippen LogP contribution in [0.4, 0.5) is 0 Å². The Hall–Kier alpha value is -4.33. The van der Waals surface area contributed by atoms with Crippen molar-refractivity contribution >= 4 is 17.8 Å². The Bertz CT molecular complexity index is 1350. The number of aliphatic hydroxyl groups is 3. The molecule has 274 valence electrons. The standard InChI is InChI=1S/C37H50N2O11/c40-29(17-14-27-9-4-3-5-10-27)18-21-32-31(33(41)25-34(32)42)11-6-1-2-7-12-35(43)38-26-37(45)50-30-19-15-28(16-20-30)22-24-48-36(44)13-8-23-49-39(46)47/h1,3-6,9-10,15-16,19-20,29,31-34,40-42H,2,7-8,11-14,17-18,21-26H2,(H,38,43)/t29-,31+,32+,33-,34+/m0/s1. The number of aryl methyl sites for hydroxylation is 1. The highest BCUT2D eigenvalue weighted by Gasteiger charge is 2.40. The van der Waals surface area contributed by atoms with Gasteiger partial charge in [0.2, 0.25) is 5.91 Å². The summed E-state index contributed by atoms with van der Waals surface area (Å²) >= 11 is 0. The number of hydrogen-bond donors (Lipinski definition) is 4. The molecule has 1 aliphatic rings. The lowest BCUT2D eigenvalue weighted by Crippen LogP contribution is -2.31. The predicted octanol–water partition coefficient (Wildman–Crippen LogP) is 4.03. The van der Waals surface area contributed by atoms with Crippen LogP contribution in [0, 0.1) is 22.0 Å². The van der Waals surface area contributed by atoms with Crippen molar-refractivity contribution in [3.8, 4) is 5.75 Å². The SMILES string of the molecule is O=C(CCCC=CC[C@@H]1[C@@H](CC[C@@H](O)CCc2ccccc2)[C@H](O)C[C@@H]1O)NCC(=O)Oc1ccc(CCOC(=O)CCCO[N+](=O)[O-])cc1. The number of rotatable bonds is 23. The highest BCUT2D eigenvalue weighted by atomic mass is 16.9. The molecule has 4 N–H and O–H groups in total. The van der Waals surface area contributed by atoms with Crippen LogP contribution in [0.15, 0.2) is 66.7 Å². The van der Waals surface area contributed by atoms with Crippen molar-refractivity contribution in [1.82, 2.24) is 5.32 Å². The summed E-state index contributed by atoms with van der Waals surface area (Å²) in [6, 6.07) is 16.7. The molecule has 0 heterocycles. The number of unbranched alkanes of at least 4 members (excludes halogenated alkanes) is 1.